The summed E-state index contributed by atoms with van der Waals surface area (Å²) < 4.78 is 2.28. The number of aromatic nitrogens is 2. The first-order valence-corrected chi connectivity index (χ1v) is 9.99. The molecule has 1 aromatic carbocycles. The van der Waals surface area contributed by atoms with Gasteiger partial charge in [0.05, 0.1) is 11.0 Å². The predicted molar refractivity (Wildman–Crippen MR) is 106 cm³/mol. The lowest BCUT2D eigenvalue weighted by molar-refractivity contribution is -0.122. The van der Waals surface area contributed by atoms with Crippen molar-refractivity contribution in [3.05, 3.63) is 30.1 Å². The van der Waals surface area contributed by atoms with Gasteiger partial charge in [0.1, 0.15) is 5.82 Å². The van der Waals surface area contributed by atoms with E-state index in [2.05, 4.69) is 54.2 Å². The Morgan fingerprint density at radius 2 is 2.00 bits per heavy atom. The minimum absolute atomic E-state index is 0.170. The highest BCUT2D eigenvalue weighted by atomic mass is 16.1. The van der Waals surface area contributed by atoms with Gasteiger partial charge in [-0.15, -0.1) is 0 Å². The van der Waals surface area contributed by atoms with Crippen molar-refractivity contribution >= 4 is 16.9 Å². The molecule has 1 saturated heterocycles. The summed E-state index contributed by atoms with van der Waals surface area (Å²) in [6, 6.07) is 8.60. The lowest BCUT2D eigenvalue weighted by Crippen LogP contribution is -2.34. The topological polar surface area (TPSA) is 59.0 Å². The van der Waals surface area contributed by atoms with Gasteiger partial charge in [-0.25, -0.2) is 4.98 Å². The highest BCUT2D eigenvalue weighted by Crippen LogP contribution is 2.24. The van der Waals surface area contributed by atoms with Gasteiger partial charge in [0.15, 0.2) is 0 Å². The van der Waals surface area contributed by atoms with Gasteiger partial charge in [0.2, 0.25) is 5.91 Å². The van der Waals surface area contributed by atoms with Gasteiger partial charge in [0.25, 0.3) is 0 Å². The largest absolute Gasteiger partial charge is 0.356 e. The Morgan fingerprint density at radius 1 is 1.27 bits per heavy atom. The van der Waals surface area contributed by atoms with Crippen molar-refractivity contribution in [1.82, 2.24) is 20.2 Å². The van der Waals surface area contributed by atoms with Crippen LogP contribution >= 0.6 is 0 Å². The molecule has 0 spiro atoms. The number of carbonyl (C=O) groups is 1. The summed E-state index contributed by atoms with van der Waals surface area (Å²) >= 11 is 0. The van der Waals surface area contributed by atoms with Crippen LogP contribution in [0.25, 0.3) is 11.0 Å². The molecule has 1 fully saturated rings. The summed E-state index contributed by atoms with van der Waals surface area (Å²) in [6.45, 7) is 9.39. The minimum atomic E-state index is 0.170. The zero-order chi connectivity index (χ0) is 18.5. The van der Waals surface area contributed by atoms with Gasteiger partial charge >= 0.3 is 0 Å². The first kappa shape index (κ1) is 18.9. The molecule has 5 heteroatoms. The van der Waals surface area contributed by atoms with Crippen molar-refractivity contribution in [1.29, 1.82) is 0 Å². The van der Waals surface area contributed by atoms with Crippen LogP contribution < -0.4 is 10.6 Å². The van der Waals surface area contributed by atoms with Gasteiger partial charge in [-0.3, -0.25) is 4.79 Å². The van der Waals surface area contributed by atoms with E-state index in [9.17, 15) is 4.79 Å². The molecule has 1 atom stereocenters. The molecular formula is C21H32N4O. The summed E-state index contributed by atoms with van der Waals surface area (Å²) in [5, 5.41) is 6.49. The lowest BCUT2D eigenvalue weighted by atomic mass is 9.84. The molecule has 142 valence electrons. The molecule has 1 unspecified atom stereocenters. The molecule has 1 aromatic heterocycles. The second-order valence-corrected chi connectivity index (χ2v) is 7.85. The fourth-order valence-corrected chi connectivity index (χ4v) is 4.11. The smallest absolute Gasteiger partial charge is 0.220 e. The molecule has 0 aliphatic carbocycles. The van der Waals surface area contributed by atoms with E-state index >= 15 is 0 Å². The Labute approximate surface area is 156 Å². The van der Waals surface area contributed by atoms with Crippen LogP contribution in [0.1, 0.15) is 51.9 Å². The summed E-state index contributed by atoms with van der Waals surface area (Å²) in [5.41, 5.74) is 2.20. The van der Waals surface area contributed by atoms with Crippen LogP contribution in [0.2, 0.25) is 0 Å². The highest BCUT2D eigenvalue weighted by molar-refractivity contribution is 5.77. The first-order valence-electron chi connectivity index (χ1n) is 9.99. The number of amides is 1. The van der Waals surface area contributed by atoms with Crippen LogP contribution in [-0.4, -0.2) is 35.1 Å². The highest BCUT2D eigenvalue weighted by Gasteiger charge is 2.22. The number of para-hydroxylation sites is 2. The quantitative estimate of drug-likeness (QED) is 0.800. The van der Waals surface area contributed by atoms with E-state index in [1.807, 2.05) is 6.07 Å². The van der Waals surface area contributed by atoms with Crippen molar-refractivity contribution in [2.75, 3.05) is 19.6 Å². The number of nitrogens with zero attached hydrogens (tertiary/aromatic N) is 2. The van der Waals surface area contributed by atoms with Crippen LogP contribution in [0.15, 0.2) is 24.3 Å². The fraction of sp³-hybridized carbons (Fsp3) is 0.619. The Bertz CT molecular complexity index is 731. The molecule has 2 aromatic rings. The Balaban J connectivity index is 1.53. The van der Waals surface area contributed by atoms with E-state index in [-0.39, 0.29) is 5.91 Å². The second-order valence-electron chi connectivity index (χ2n) is 7.85. The number of piperidine rings is 1. The van der Waals surface area contributed by atoms with Gasteiger partial charge in [-0.2, -0.15) is 0 Å². The van der Waals surface area contributed by atoms with Crippen molar-refractivity contribution in [3.8, 4) is 0 Å². The maximum absolute atomic E-state index is 12.3. The number of hydrogen-bond donors (Lipinski definition) is 2. The van der Waals surface area contributed by atoms with Crippen molar-refractivity contribution in [3.63, 3.8) is 0 Å². The molecule has 2 heterocycles. The summed E-state index contributed by atoms with van der Waals surface area (Å²) in [4.78, 5) is 17.1. The van der Waals surface area contributed by atoms with Crippen molar-refractivity contribution in [2.24, 2.45) is 11.8 Å². The maximum atomic E-state index is 12.3. The number of carbonyl (C=O) groups excluding carboxylic acids is 1. The number of benzene rings is 1. The molecule has 26 heavy (non-hydrogen) atoms. The summed E-state index contributed by atoms with van der Waals surface area (Å²) in [7, 11) is 0. The Hall–Kier alpha value is -1.88. The lowest BCUT2D eigenvalue weighted by Gasteiger charge is -2.27. The Morgan fingerprint density at radius 3 is 2.73 bits per heavy atom. The third-order valence-electron chi connectivity index (χ3n) is 5.55. The van der Waals surface area contributed by atoms with Crippen molar-refractivity contribution < 1.29 is 4.79 Å². The van der Waals surface area contributed by atoms with Crippen LogP contribution in [-0.2, 0) is 11.2 Å². The van der Waals surface area contributed by atoms with Crippen LogP contribution in [0.4, 0.5) is 0 Å². The molecule has 0 saturated carbocycles. The van der Waals surface area contributed by atoms with Crippen LogP contribution in [0.3, 0.4) is 0 Å². The predicted octanol–water partition coefficient (Wildman–Crippen LogP) is 3.30. The zero-order valence-electron chi connectivity index (χ0n) is 16.3. The van der Waals surface area contributed by atoms with E-state index in [4.69, 9.17) is 4.98 Å². The number of nitrogens with one attached hydrogen (secondary N) is 2. The SMILES string of the molecule is CC(CC(=O)NCCc1nc2ccccc2n1C(C)C)C1CCNCC1. The van der Waals surface area contributed by atoms with E-state index in [0.29, 0.717) is 30.8 Å². The third kappa shape index (κ3) is 4.44. The van der Waals surface area contributed by atoms with Gasteiger partial charge in [-0.05, 0) is 63.7 Å². The average Bonchev–Trinajstić information content (AvgIpc) is 3.00. The monoisotopic (exact) mass is 356 g/mol. The molecule has 1 aliphatic rings. The molecule has 2 N–H and O–H groups in total. The summed E-state index contributed by atoms with van der Waals surface area (Å²) in [5.74, 6) is 2.35. The van der Waals surface area contributed by atoms with Crippen molar-refractivity contribution in [2.45, 2.75) is 52.5 Å². The minimum Gasteiger partial charge on any atom is -0.356 e. The van der Waals surface area contributed by atoms with Gasteiger partial charge in [-0.1, -0.05) is 19.1 Å². The third-order valence-corrected chi connectivity index (χ3v) is 5.55. The first-order chi connectivity index (χ1) is 12.6. The summed E-state index contributed by atoms with van der Waals surface area (Å²) in [6.07, 6.45) is 3.77. The number of hydrogen-bond acceptors (Lipinski definition) is 3. The van der Waals surface area contributed by atoms with E-state index in [1.54, 1.807) is 0 Å². The molecule has 1 aliphatic heterocycles. The molecule has 0 bridgehead atoms. The average molecular weight is 357 g/mol. The van der Waals surface area contributed by atoms with Gasteiger partial charge in [0, 0.05) is 25.4 Å². The second kappa shape index (κ2) is 8.67. The molecule has 5 nitrogen and oxygen atoms in total. The zero-order valence-corrected chi connectivity index (χ0v) is 16.3. The standard InChI is InChI=1S/C21H32N4O/c1-15(2)25-19-7-5-4-6-18(19)24-20(25)10-13-23-21(26)14-16(3)17-8-11-22-12-9-17/h4-7,15-17,22H,8-14H2,1-3H3,(H,23,26). The fourth-order valence-electron chi connectivity index (χ4n) is 4.11. The number of rotatable bonds is 7. The van der Waals surface area contributed by atoms with Gasteiger partial charge < -0.3 is 15.2 Å². The molecule has 0 radical (unpaired) electrons. The number of imidazole rings is 1. The number of fused-ring (bicyclic) bond motifs is 1. The van der Waals surface area contributed by atoms with E-state index in [1.165, 1.54) is 18.4 Å². The van der Waals surface area contributed by atoms with E-state index in [0.717, 1.165) is 30.9 Å². The molecule has 3 rings (SSSR count). The van der Waals surface area contributed by atoms with Crippen LogP contribution in [0.5, 0.6) is 0 Å². The van der Waals surface area contributed by atoms with Crippen LogP contribution in [0, 0.1) is 11.8 Å². The molecule has 1 amide bonds. The normalized spacial score (nSPS) is 16.9. The van der Waals surface area contributed by atoms with E-state index < -0.39 is 0 Å². The molecular weight excluding hydrogens is 324 g/mol. The maximum Gasteiger partial charge on any atom is 0.220 e. The Kier molecular flexibility index (Phi) is 6.30.